The van der Waals surface area contributed by atoms with Gasteiger partial charge in [0.2, 0.25) is 5.91 Å². The molecule has 150 valence electrons. The fourth-order valence-corrected chi connectivity index (χ4v) is 3.17. The lowest BCUT2D eigenvalue weighted by Crippen LogP contribution is -2.15. The third kappa shape index (κ3) is 5.32. The van der Waals surface area contributed by atoms with E-state index in [0.29, 0.717) is 16.7 Å². The number of nitrogens with zero attached hydrogens (tertiary/aromatic N) is 4. The van der Waals surface area contributed by atoms with E-state index < -0.39 is 4.92 Å². The number of thioether (sulfide) groups is 1. The monoisotopic (exact) mass is 413 g/mol. The second kappa shape index (κ2) is 9.20. The van der Waals surface area contributed by atoms with Crippen molar-refractivity contribution in [3.8, 4) is 5.75 Å². The van der Waals surface area contributed by atoms with Gasteiger partial charge in [0.15, 0.2) is 11.0 Å². The van der Waals surface area contributed by atoms with Gasteiger partial charge in [-0.15, -0.1) is 10.2 Å². The molecule has 3 aromatic rings. The first-order chi connectivity index (χ1) is 13.9. The summed E-state index contributed by atoms with van der Waals surface area (Å²) in [5, 5.41) is 22.4. The Hall–Kier alpha value is -3.40. The number of anilines is 1. The number of ether oxygens (including phenoxy) is 1. The van der Waals surface area contributed by atoms with E-state index in [-0.39, 0.29) is 24.0 Å². The smallest absolute Gasteiger partial charge is 0.271 e. The average molecular weight is 413 g/mol. The van der Waals surface area contributed by atoms with Crippen molar-refractivity contribution in [1.82, 2.24) is 14.8 Å². The first-order valence-electron chi connectivity index (χ1n) is 8.68. The highest BCUT2D eigenvalue weighted by Gasteiger charge is 2.14. The Morgan fingerprint density at radius 3 is 2.72 bits per heavy atom. The molecule has 10 heteroatoms. The van der Waals surface area contributed by atoms with Crippen LogP contribution in [0, 0.1) is 17.0 Å². The lowest BCUT2D eigenvalue weighted by Gasteiger charge is -2.08. The number of amides is 1. The zero-order valence-electron chi connectivity index (χ0n) is 15.9. The van der Waals surface area contributed by atoms with Crippen molar-refractivity contribution in [2.75, 3.05) is 11.1 Å². The molecule has 0 fully saturated rings. The van der Waals surface area contributed by atoms with Crippen LogP contribution in [0.4, 0.5) is 11.4 Å². The predicted octanol–water partition coefficient (Wildman–Crippen LogP) is 3.34. The topological polar surface area (TPSA) is 112 Å². The van der Waals surface area contributed by atoms with Crippen LogP contribution < -0.4 is 10.1 Å². The summed E-state index contributed by atoms with van der Waals surface area (Å²) >= 11 is 1.22. The second-order valence-electron chi connectivity index (χ2n) is 6.15. The van der Waals surface area contributed by atoms with Crippen molar-refractivity contribution in [1.29, 1.82) is 0 Å². The van der Waals surface area contributed by atoms with Gasteiger partial charge in [0.1, 0.15) is 12.4 Å². The highest BCUT2D eigenvalue weighted by molar-refractivity contribution is 7.99. The Labute approximate surface area is 171 Å². The highest BCUT2D eigenvalue weighted by Crippen LogP contribution is 2.23. The number of nitro benzene ring substituents is 1. The first kappa shape index (κ1) is 20.3. The molecule has 2 aromatic carbocycles. The van der Waals surface area contributed by atoms with Crippen LogP contribution in [-0.4, -0.2) is 31.3 Å². The highest BCUT2D eigenvalue weighted by atomic mass is 32.2. The van der Waals surface area contributed by atoms with Gasteiger partial charge in [0, 0.05) is 19.2 Å². The van der Waals surface area contributed by atoms with Crippen molar-refractivity contribution >= 4 is 29.0 Å². The maximum Gasteiger partial charge on any atom is 0.271 e. The van der Waals surface area contributed by atoms with Crippen molar-refractivity contribution < 1.29 is 14.5 Å². The van der Waals surface area contributed by atoms with Gasteiger partial charge < -0.3 is 14.6 Å². The summed E-state index contributed by atoms with van der Waals surface area (Å²) in [5.41, 5.74) is 1.09. The standard InChI is InChI=1S/C19H19N5O4S/c1-13-8-9-14(24(26)27)10-16(13)20-18(25)12-29-19-22-21-17(23(19)2)11-28-15-6-4-3-5-7-15/h3-10H,11-12H2,1-2H3,(H,20,25). The van der Waals surface area contributed by atoms with Gasteiger partial charge in [-0.05, 0) is 24.6 Å². The molecule has 1 amide bonds. The van der Waals surface area contributed by atoms with Gasteiger partial charge in [0.05, 0.1) is 16.4 Å². The summed E-state index contributed by atoms with van der Waals surface area (Å²) < 4.78 is 7.43. The number of para-hydroxylation sites is 1. The summed E-state index contributed by atoms with van der Waals surface area (Å²) in [4.78, 5) is 22.7. The van der Waals surface area contributed by atoms with E-state index in [1.807, 2.05) is 30.3 Å². The summed E-state index contributed by atoms with van der Waals surface area (Å²) in [6.07, 6.45) is 0. The molecule has 0 aliphatic heterocycles. The molecule has 0 unspecified atom stereocenters. The molecular weight excluding hydrogens is 394 g/mol. The molecule has 3 rings (SSSR count). The molecule has 1 heterocycles. The molecular formula is C19H19N5O4S. The van der Waals surface area contributed by atoms with E-state index in [4.69, 9.17) is 4.74 Å². The van der Waals surface area contributed by atoms with Crippen molar-refractivity contribution in [3.63, 3.8) is 0 Å². The fourth-order valence-electron chi connectivity index (χ4n) is 2.44. The Kier molecular flexibility index (Phi) is 6.45. The molecule has 0 spiro atoms. The SMILES string of the molecule is Cc1ccc([N+](=O)[O-])cc1NC(=O)CSc1nnc(COc2ccccc2)n1C. The molecule has 0 aliphatic carbocycles. The van der Waals surface area contributed by atoms with Gasteiger partial charge in [-0.2, -0.15) is 0 Å². The van der Waals surface area contributed by atoms with Crippen molar-refractivity contribution in [2.24, 2.45) is 7.05 Å². The van der Waals surface area contributed by atoms with Crippen LogP contribution in [0.5, 0.6) is 5.75 Å². The van der Waals surface area contributed by atoms with E-state index in [0.717, 1.165) is 11.3 Å². The number of nitrogens with one attached hydrogen (secondary N) is 1. The number of rotatable bonds is 8. The van der Waals surface area contributed by atoms with Gasteiger partial charge in [-0.3, -0.25) is 14.9 Å². The Bertz CT molecular complexity index is 1020. The normalized spacial score (nSPS) is 10.6. The largest absolute Gasteiger partial charge is 0.486 e. The molecule has 1 N–H and O–H groups in total. The van der Waals surface area contributed by atoms with Gasteiger partial charge in [-0.1, -0.05) is 36.0 Å². The minimum absolute atomic E-state index is 0.0742. The summed E-state index contributed by atoms with van der Waals surface area (Å²) in [6.45, 7) is 2.03. The fraction of sp³-hybridized carbons (Fsp3) is 0.211. The van der Waals surface area contributed by atoms with Crippen LogP contribution in [0.2, 0.25) is 0 Å². The molecule has 0 aliphatic rings. The molecule has 0 radical (unpaired) electrons. The van der Waals surface area contributed by atoms with E-state index >= 15 is 0 Å². The number of aryl methyl sites for hydroxylation is 1. The van der Waals surface area contributed by atoms with Gasteiger partial charge >= 0.3 is 0 Å². The Morgan fingerprint density at radius 1 is 1.24 bits per heavy atom. The summed E-state index contributed by atoms with van der Waals surface area (Å²) in [7, 11) is 1.80. The van der Waals surface area contributed by atoms with Crippen LogP contribution in [0.3, 0.4) is 0 Å². The molecule has 0 atom stereocenters. The molecule has 9 nitrogen and oxygen atoms in total. The molecule has 0 saturated heterocycles. The third-order valence-corrected chi connectivity index (χ3v) is 5.09. The number of hydrogen-bond acceptors (Lipinski definition) is 7. The summed E-state index contributed by atoms with van der Waals surface area (Å²) in [5.74, 6) is 1.17. The number of hydrogen-bond donors (Lipinski definition) is 1. The van der Waals surface area contributed by atoms with E-state index in [2.05, 4.69) is 15.5 Å². The maximum absolute atomic E-state index is 12.3. The molecule has 29 heavy (non-hydrogen) atoms. The zero-order chi connectivity index (χ0) is 20.8. The predicted molar refractivity (Wildman–Crippen MR) is 109 cm³/mol. The number of carbonyl (C=O) groups is 1. The van der Waals surface area contributed by atoms with Crippen molar-refractivity contribution in [2.45, 2.75) is 18.7 Å². The zero-order valence-corrected chi connectivity index (χ0v) is 16.7. The Balaban J connectivity index is 1.56. The number of carbonyl (C=O) groups excluding carboxylic acids is 1. The maximum atomic E-state index is 12.3. The van der Waals surface area contributed by atoms with E-state index in [1.165, 1.54) is 23.9 Å². The van der Waals surface area contributed by atoms with Crippen LogP contribution >= 0.6 is 11.8 Å². The van der Waals surface area contributed by atoms with Crippen molar-refractivity contribution in [3.05, 3.63) is 70.0 Å². The lowest BCUT2D eigenvalue weighted by atomic mass is 10.2. The number of nitro groups is 1. The lowest BCUT2D eigenvalue weighted by molar-refractivity contribution is -0.384. The third-order valence-electron chi connectivity index (χ3n) is 4.07. The molecule has 0 bridgehead atoms. The Morgan fingerprint density at radius 2 is 2.00 bits per heavy atom. The van der Waals surface area contributed by atoms with E-state index in [1.54, 1.807) is 24.6 Å². The van der Waals surface area contributed by atoms with Crippen LogP contribution in [0.25, 0.3) is 0 Å². The minimum atomic E-state index is -0.498. The number of benzene rings is 2. The summed E-state index contributed by atoms with van der Waals surface area (Å²) in [6, 6.07) is 13.7. The van der Waals surface area contributed by atoms with Crippen LogP contribution in [0.1, 0.15) is 11.4 Å². The molecule has 0 saturated carbocycles. The van der Waals surface area contributed by atoms with Crippen LogP contribution in [0.15, 0.2) is 53.7 Å². The van der Waals surface area contributed by atoms with Crippen LogP contribution in [-0.2, 0) is 18.4 Å². The molecule has 1 aromatic heterocycles. The minimum Gasteiger partial charge on any atom is -0.486 e. The number of aromatic nitrogens is 3. The quantitative estimate of drug-likeness (QED) is 0.342. The second-order valence-corrected chi connectivity index (χ2v) is 7.10. The average Bonchev–Trinajstić information content (AvgIpc) is 3.06. The van der Waals surface area contributed by atoms with E-state index in [9.17, 15) is 14.9 Å². The first-order valence-corrected chi connectivity index (χ1v) is 9.66. The van der Waals surface area contributed by atoms with Gasteiger partial charge in [-0.25, -0.2) is 0 Å². The number of non-ortho nitro benzene ring substituents is 1. The van der Waals surface area contributed by atoms with Gasteiger partial charge in [0.25, 0.3) is 5.69 Å².